The Morgan fingerprint density at radius 1 is 1.47 bits per heavy atom. The standard InChI is InChI=1S/C13H13N3S/c1-9-6-11(8-14)7-13(15-9)16-10(2)12-4-3-5-17-12/h3-7,10H,1-2H3,(H,15,16). The van der Waals surface area contributed by atoms with E-state index in [9.17, 15) is 0 Å². The van der Waals surface area contributed by atoms with Gasteiger partial charge < -0.3 is 5.32 Å². The lowest BCUT2D eigenvalue weighted by molar-refractivity contribution is 0.893. The molecule has 0 bridgehead atoms. The van der Waals surface area contributed by atoms with Crippen molar-refractivity contribution >= 4 is 17.2 Å². The molecule has 0 aliphatic heterocycles. The molecule has 0 radical (unpaired) electrons. The molecule has 2 rings (SSSR count). The number of anilines is 1. The SMILES string of the molecule is Cc1cc(C#N)cc(NC(C)c2cccs2)n1. The molecule has 0 saturated heterocycles. The maximum atomic E-state index is 8.90. The van der Waals surface area contributed by atoms with Gasteiger partial charge in [-0.15, -0.1) is 11.3 Å². The molecule has 2 heterocycles. The van der Waals surface area contributed by atoms with Gasteiger partial charge in [0.05, 0.1) is 17.7 Å². The maximum Gasteiger partial charge on any atom is 0.128 e. The second-order valence-corrected chi connectivity index (χ2v) is 4.85. The minimum Gasteiger partial charge on any atom is -0.363 e. The molecule has 0 spiro atoms. The summed E-state index contributed by atoms with van der Waals surface area (Å²) in [6.45, 7) is 3.98. The molecule has 3 nitrogen and oxygen atoms in total. The number of nitriles is 1. The van der Waals surface area contributed by atoms with Crippen molar-refractivity contribution < 1.29 is 0 Å². The minimum atomic E-state index is 0.204. The Morgan fingerprint density at radius 3 is 2.94 bits per heavy atom. The fraction of sp³-hybridized carbons (Fsp3) is 0.231. The van der Waals surface area contributed by atoms with Gasteiger partial charge in [-0.05, 0) is 37.4 Å². The third kappa shape index (κ3) is 2.83. The molecule has 0 amide bonds. The van der Waals surface area contributed by atoms with Crippen LogP contribution in [0.15, 0.2) is 29.6 Å². The van der Waals surface area contributed by atoms with Gasteiger partial charge in [0.25, 0.3) is 0 Å². The molecule has 0 fully saturated rings. The first-order chi connectivity index (χ1) is 8.19. The lowest BCUT2D eigenvalue weighted by Crippen LogP contribution is -2.07. The van der Waals surface area contributed by atoms with Crippen molar-refractivity contribution in [2.75, 3.05) is 5.32 Å². The lowest BCUT2D eigenvalue weighted by atomic mass is 10.2. The van der Waals surface area contributed by atoms with Gasteiger partial charge in [-0.25, -0.2) is 4.98 Å². The summed E-state index contributed by atoms with van der Waals surface area (Å²) < 4.78 is 0. The van der Waals surface area contributed by atoms with Crippen LogP contribution in [0.25, 0.3) is 0 Å². The Hall–Kier alpha value is -1.86. The number of pyridine rings is 1. The second-order valence-electron chi connectivity index (χ2n) is 3.88. The Bertz CT molecular complexity index is 540. The second kappa shape index (κ2) is 4.98. The van der Waals surface area contributed by atoms with Crippen LogP contribution in [-0.2, 0) is 0 Å². The van der Waals surface area contributed by atoms with Crippen molar-refractivity contribution in [1.29, 1.82) is 5.26 Å². The molecule has 1 N–H and O–H groups in total. The van der Waals surface area contributed by atoms with Crippen molar-refractivity contribution in [3.63, 3.8) is 0 Å². The van der Waals surface area contributed by atoms with Gasteiger partial charge in [-0.1, -0.05) is 6.07 Å². The van der Waals surface area contributed by atoms with Crippen LogP contribution in [0.1, 0.15) is 29.1 Å². The third-order valence-electron chi connectivity index (χ3n) is 2.42. The Kier molecular flexibility index (Phi) is 3.40. The van der Waals surface area contributed by atoms with Crippen LogP contribution >= 0.6 is 11.3 Å². The average molecular weight is 243 g/mol. The van der Waals surface area contributed by atoms with E-state index in [0.717, 1.165) is 11.5 Å². The van der Waals surface area contributed by atoms with Crippen LogP contribution in [0.5, 0.6) is 0 Å². The number of hydrogen-bond donors (Lipinski definition) is 1. The average Bonchev–Trinajstić information content (AvgIpc) is 2.81. The number of hydrogen-bond acceptors (Lipinski definition) is 4. The molecule has 0 aliphatic rings. The molecule has 4 heteroatoms. The summed E-state index contributed by atoms with van der Waals surface area (Å²) in [4.78, 5) is 5.63. The Morgan fingerprint density at radius 2 is 2.29 bits per heavy atom. The first kappa shape index (κ1) is 11.6. The smallest absolute Gasteiger partial charge is 0.128 e. The molecular formula is C13H13N3S. The van der Waals surface area contributed by atoms with Crippen LogP contribution in [-0.4, -0.2) is 4.98 Å². The van der Waals surface area contributed by atoms with Gasteiger partial charge in [-0.3, -0.25) is 0 Å². The number of thiophene rings is 1. The summed E-state index contributed by atoms with van der Waals surface area (Å²) in [5, 5.41) is 14.3. The molecular weight excluding hydrogens is 230 g/mol. The number of aryl methyl sites for hydroxylation is 1. The van der Waals surface area contributed by atoms with Crippen molar-refractivity contribution in [2.24, 2.45) is 0 Å². The summed E-state index contributed by atoms with van der Waals surface area (Å²) in [6.07, 6.45) is 0. The van der Waals surface area contributed by atoms with Crippen LogP contribution in [0.2, 0.25) is 0 Å². The maximum absolute atomic E-state index is 8.90. The first-order valence-corrected chi connectivity index (χ1v) is 6.26. The van der Waals surface area contributed by atoms with E-state index in [4.69, 9.17) is 5.26 Å². The monoisotopic (exact) mass is 243 g/mol. The molecule has 0 saturated carbocycles. The summed E-state index contributed by atoms with van der Waals surface area (Å²) in [5.74, 6) is 0.752. The predicted octanol–water partition coefficient (Wildman–Crippen LogP) is 3.50. The first-order valence-electron chi connectivity index (χ1n) is 5.38. The summed E-state index contributed by atoms with van der Waals surface area (Å²) in [5.41, 5.74) is 1.49. The molecule has 17 heavy (non-hydrogen) atoms. The van der Waals surface area contributed by atoms with E-state index in [0.29, 0.717) is 5.56 Å². The number of nitrogens with one attached hydrogen (secondary N) is 1. The largest absolute Gasteiger partial charge is 0.363 e. The fourth-order valence-corrected chi connectivity index (χ4v) is 2.37. The highest BCUT2D eigenvalue weighted by Crippen LogP contribution is 2.22. The van der Waals surface area contributed by atoms with Gasteiger partial charge >= 0.3 is 0 Å². The van der Waals surface area contributed by atoms with Crippen molar-refractivity contribution in [3.05, 3.63) is 45.8 Å². The van der Waals surface area contributed by atoms with Crippen LogP contribution in [0.3, 0.4) is 0 Å². The molecule has 1 atom stereocenters. The molecule has 1 unspecified atom stereocenters. The zero-order chi connectivity index (χ0) is 12.3. The minimum absolute atomic E-state index is 0.204. The van der Waals surface area contributed by atoms with Crippen molar-refractivity contribution in [2.45, 2.75) is 19.9 Å². The normalized spacial score (nSPS) is 11.8. The molecule has 2 aromatic rings. The predicted molar refractivity (Wildman–Crippen MR) is 70.0 cm³/mol. The van der Waals surface area contributed by atoms with Crippen LogP contribution in [0, 0.1) is 18.3 Å². The molecule has 0 aromatic carbocycles. The van der Waals surface area contributed by atoms with Gasteiger partial charge in [0, 0.05) is 10.6 Å². The van der Waals surface area contributed by atoms with Crippen molar-refractivity contribution in [1.82, 2.24) is 4.98 Å². The van der Waals surface area contributed by atoms with E-state index >= 15 is 0 Å². The summed E-state index contributed by atoms with van der Waals surface area (Å²) >= 11 is 1.71. The van der Waals surface area contributed by atoms with E-state index in [2.05, 4.69) is 34.7 Å². The van der Waals surface area contributed by atoms with Gasteiger partial charge in [0.15, 0.2) is 0 Å². The molecule has 86 valence electrons. The van der Waals surface area contributed by atoms with E-state index in [1.54, 1.807) is 23.5 Å². The van der Waals surface area contributed by atoms with E-state index < -0.39 is 0 Å². The third-order valence-corrected chi connectivity index (χ3v) is 3.47. The highest BCUT2D eigenvalue weighted by atomic mass is 32.1. The van der Waals surface area contributed by atoms with Gasteiger partial charge in [-0.2, -0.15) is 5.26 Å². The van der Waals surface area contributed by atoms with Crippen LogP contribution < -0.4 is 5.32 Å². The zero-order valence-corrected chi connectivity index (χ0v) is 10.6. The van der Waals surface area contributed by atoms with E-state index in [1.807, 2.05) is 13.0 Å². The van der Waals surface area contributed by atoms with Gasteiger partial charge in [0.1, 0.15) is 5.82 Å². The lowest BCUT2D eigenvalue weighted by Gasteiger charge is -2.13. The Labute approximate surface area is 105 Å². The molecule has 2 aromatic heterocycles. The summed E-state index contributed by atoms with van der Waals surface area (Å²) in [7, 11) is 0. The van der Waals surface area contributed by atoms with Gasteiger partial charge in [0.2, 0.25) is 0 Å². The molecule has 0 aliphatic carbocycles. The van der Waals surface area contributed by atoms with Crippen LogP contribution in [0.4, 0.5) is 5.82 Å². The fourth-order valence-electron chi connectivity index (χ4n) is 1.64. The number of nitrogens with zero attached hydrogens (tertiary/aromatic N) is 2. The number of aromatic nitrogens is 1. The Balaban J connectivity index is 2.19. The highest BCUT2D eigenvalue weighted by molar-refractivity contribution is 7.10. The topological polar surface area (TPSA) is 48.7 Å². The summed E-state index contributed by atoms with van der Waals surface area (Å²) in [6, 6.07) is 10.0. The van der Waals surface area contributed by atoms with Crippen molar-refractivity contribution in [3.8, 4) is 6.07 Å². The van der Waals surface area contributed by atoms with E-state index in [-0.39, 0.29) is 6.04 Å². The highest BCUT2D eigenvalue weighted by Gasteiger charge is 2.07. The zero-order valence-electron chi connectivity index (χ0n) is 9.77. The van der Waals surface area contributed by atoms with E-state index in [1.165, 1.54) is 4.88 Å². The quantitative estimate of drug-likeness (QED) is 0.897. The number of rotatable bonds is 3.